The number of hydrogen-bond donors (Lipinski definition) is 2. The average molecular weight is 371 g/mol. The Labute approximate surface area is 160 Å². The van der Waals surface area contributed by atoms with Crippen LogP contribution in [0.5, 0.6) is 0 Å². The number of aryl methyl sites for hydroxylation is 1. The van der Waals surface area contributed by atoms with Crippen LogP contribution in [0.3, 0.4) is 0 Å². The number of nitrogens with zero attached hydrogens (tertiary/aromatic N) is 1. The highest BCUT2D eigenvalue weighted by Gasteiger charge is 2.47. The van der Waals surface area contributed by atoms with Crippen molar-refractivity contribution in [3.05, 3.63) is 35.9 Å². The lowest BCUT2D eigenvalue weighted by Gasteiger charge is -2.30. The van der Waals surface area contributed by atoms with Crippen molar-refractivity contribution in [2.45, 2.75) is 64.0 Å². The molecule has 1 heterocycles. The molecule has 1 aliphatic heterocycles. The largest absolute Gasteiger partial charge is 0.352 e. The Morgan fingerprint density at radius 1 is 1.22 bits per heavy atom. The fourth-order valence-electron chi connectivity index (χ4n) is 4.03. The number of carbonyl (C=O) groups excluding carboxylic acids is 3. The maximum atomic E-state index is 12.8. The van der Waals surface area contributed by atoms with Crippen molar-refractivity contribution in [1.29, 1.82) is 0 Å². The van der Waals surface area contributed by atoms with Crippen molar-refractivity contribution in [1.82, 2.24) is 15.5 Å². The molecule has 0 aromatic heterocycles. The van der Waals surface area contributed by atoms with Gasteiger partial charge in [0.15, 0.2) is 0 Å². The molecule has 2 N–H and O–H groups in total. The van der Waals surface area contributed by atoms with Gasteiger partial charge in [0.1, 0.15) is 12.1 Å². The highest BCUT2D eigenvalue weighted by molar-refractivity contribution is 6.08. The second-order valence-electron chi connectivity index (χ2n) is 8.07. The summed E-state index contributed by atoms with van der Waals surface area (Å²) in [6.07, 6.45) is 5.55. The predicted molar refractivity (Wildman–Crippen MR) is 103 cm³/mol. The summed E-state index contributed by atoms with van der Waals surface area (Å²) in [5.41, 5.74) is 0.147. The lowest BCUT2D eigenvalue weighted by Crippen LogP contribution is -2.48. The van der Waals surface area contributed by atoms with Gasteiger partial charge in [0, 0.05) is 6.04 Å². The average Bonchev–Trinajstić information content (AvgIpc) is 2.86. The zero-order valence-electron chi connectivity index (χ0n) is 16.2. The second kappa shape index (κ2) is 8.11. The minimum Gasteiger partial charge on any atom is -0.352 e. The SMILES string of the molecule is C[C@@H]1CCCC[C@@H]1NC(=O)CN1C(=O)N[C@](C)(CCc2ccccc2)C1=O. The first-order valence-corrected chi connectivity index (χ1v) is 9.86. The number of carbonyl (C=O) groups is 3. The second-order valence-corrected chi connectivity index (χ2v) is 8.07. The van der Waals surface area contributed by atoms with Gasteiger partial charge in [-0.1, -0.05) is 50.1 Å². The van der Waals surface area contributed by atoms with Gasteiger partial charge in [-0.3, -0.25) is 14.5 Å². The lowest BCUT2D eigenvalue weighted by molar-refractivity contribution is -0.135. The first-order chi connectivity index (χ1) is 12.9. The van der Waals surface area contributed by atoms with Gasteiger partial charge in [-0.25, -0.2) is 4.79 Å². The third kappa shape index (κ3) is 4.49. The molecule has 6 nitrogen and oxygen atoms in total. The Hall–Kier alpha value is -2.37. The van der Waals surface area contributed by atoms with E-state index in [0.717, 1.165) is 29.7 Å². The van der Waals surface area contributed by atoms with Crippen LogP contribution in [0.4, 0.5) is 4.79 Å². The molecule has 0 bridgehead atoms. The fraction of sp³-hybridized carbons (Fsp3) is 0.571. The standard InChI is InChI=1S/C21H29N3O3/c1-15-8-6-7-11-17(15)22-18(25)14-24-19(26)21(2,23-20(24)27)13-12-16-9-4-3-5-10-16/h3-5,9-10,15,17H,6-8,11-14H2,1-2H3,(H,22,25)(H,23,27)/t15-,17+,21-/m1/s1. The van der Waals surface area contributed by atoms with Gasteiger partial charge in [0.2, 0.25) is 5.91 Å². The van der Waals surface area contributed by atoms with Crippen LogP contribution in [0.15, 0.2) is 30.3 Å². The van der Waals surface area contributed by atoms with Crippen LogP contribution in [0.2, 0.25) is 0 Å². The highest BCUT2D eigenvalue weighted by atomic mass is 16.2. The molecule has 0 spiro atoms. The molecule has 6 heteroatoms. The molecule has 1 saturated carbocycles. The van der Waals surface area contributed by atoms with Crippen LogP contribution in [-0.4, -0.2) is 40.9 Å². The first kappa shape index (κ1) is 19.4. The van der Waals surface area contributed by atoms with Crippen molar-refractivity contribution in [3.63, 3.8) is 0 Å². The zero-order chi connectivity index (χ0) is 19.4. The van der Waals surface area contributed by atoms with Crippen molar-refractivity contribution >= 4 is 17.8 Å². The molecule has 1 aromatic carbocycles. The van der Waals surface area contributed by atoms with Gasteiger partial charge in [-0.2, -0.15) is 0 Å². The molecule has 1 saturated heterocycles. The molecule has 2 fully saturated rings. The van der Waals surface area contributed by atoms with Gasteiger partial charge in [0.25, 0.3) is 5.91 Å². The van der Waals surface area contributed by atoms with E-state index >= 15 is 0 Å². The quantitative estimate of drug-likeness (QED) is 0.755. The van der Waals surface area contributed by atoms with E-state index < -0.39 is 11.6 Å². The molecule has 4 amide bonds. The van der Waals surface area contributed by atoms with E-state index in [2.05, 4.69) is 17.6 Å². The number of benzene rings is 1. The normalized spacial score (nSPS) is 28.1. The molecule has 2 aliphatic rings. The van der Waals surface area contributed by atoms with Gasteiger partial charge >= 0.3 is 6.03 Å². The number of amides is 4. The molecule has 1 aliphatic carbocycles. The summed E-state index contributed by atoms with van der Waals surface area (Å²) < 4.78 is 0. The molecule has 27 heavy (non-hydrogen) atoms. The van der Waals surface area contributed by atoms with Gasteiger partial charge < -0.3 is 10.6 Å². The maximum Gasteiger partial charge on any atom is 0.325 e. The minimum absolute atomic E-state index is 0.136. The van der Waals surface area contributed by atoms with Crippen molar-refractivity contribution in [2.24, 2.45) is 5.92 Å². The minimum atomic E-state index is -0.967. The molecular formula is C21H29N3O3. The van der Waals surface area contributed by atoms with Gasteiger partial charge in [-0.05, 0) is 44.1 Å². The van der Waals surface area contributed by atoms with Crippen LogP contribution in [0, 0.1) is 5.92 Å². The summed E-state index contributed by atoms with van der Waals surface area (Å²) in [5.74, 6) is -0.151. The van der Waals surface area contributed by atoms with Crippen LogP contribution >= 0.6 is 0 Å². The molecule has 3 rings (SSSR count). The molecule has 1 aromatic rings. The third-order valence-electron chi connectivity index (χ3n) is 5.86. The molecule has 146 valence electrons. The van der Waals surface area contributed by atoms with E-state index in [4.69, 9.17) is 0 Å². The van der Waals surface area contributed by atoms with Crippen molar-refractivity contribution in [2.75, 3.05) is 6.54 Å². The number of hydrogen-bond acceptors (Lipinski definition) is 3. The molecular weight excluding hydrogens is 342 g/mol. The van der Waals surface area contributed by atoms with Crippen LogP contribution in [0.25, 0.3) is 0 Å². The fourth-order valence-corrected chi connectivity index (χ4v) is 4.03. The Kier molecular flexibility index (Phi) is 5.82. The number of nitrogens with one attached hydrogen (secondary N) is 2. The van der Waals surface area contributed by atoms with E-state index in [9.17, 15) is 14.4 Å². The van der Waals surface area contributed by atoms with Crippen molar-refractivity contribution in [3.8, 4) is 0 Å². The highest BCUT2D eigenvalue weighted by Crippen LogP contribution is 2.25. The predicted octanol–water partition coefficient (Wildman–Crippen LogP) is 2.62. The number of imide groups is 1. The Morgan fingerprint density at radius 3 is 2.63 bits per heavy atom. The summed E-state index contributed by atoms with van der Waals surface area (Å²) in [7, 11) is 0. The van der Waals surface area contributed by atoms with E-state index in [1.807, 2.05) is 30.3 Å². The van der Waals surface area contributed by atoms with Crippen LogP contribution in [-0.2, 0) is 16.0 Å². The van der Waals surface area contributed by atoms with Gasteiger partial charge in [-0.15, -0.1) is 0 Å². The van der Waals surface area contributed by atoms with Crippen LogP contribution in [0.1, 0.15) is 51.5 Å². The van der Waals surface area contributed by atoms with E-state index in [1.165, 1.54) is 6.42 Å². The summed E-state index contributed by atoms with van der Waals surface area (Å²) in [5, 5.41) is 5.78. The molecule has 0 unspecified atom stereocenters. The summed E-state index contributed by atoms with van der Waals surface area (Å²) in [6.45, 7) is 3.66. The molecule has 3 atom stereocenters. The summed E-state index contributed by atoms with van der Waals surface area (Å²) in [4.78, 5) is 38.6. The number of urea groups is 1. The summed E-state index contributed by atoms with van der Waals surface area (Å²) >= 11 is 0. The smallest absolute Gasteiger partial charge is 0.325 e. The van der Waals surface area contributed by atoms with Crippen LogP contribution < -0.4 is 10.6 Å². The number of rotatable bonds is 6. The zero-order valence-corrected chi connectivity index (χ0v) is 16.2. The molecule has 0 radical (unpaired) electrons. The third-order valence-corrected chi connectivity index (χ3v) is 5.86. The van der Waals surface area contributed by atoms with Gasteiger partial charge in [0.05, 0.1) is 0 Å². The Bertz CT molecular complexity index is 706. The lowest BCUT2D eigenvalue weighted by atomic mass is 9.86. The monoisotopic (exact) mass is 371 g/mol. The summed E-state index contributed by atoms with van der Waals surface area (Å²) in [6, 6.07) is 9.51. The Morgan fingerprint density at radius 2 is 1.93 bits per heavy atom. The Balaban J connectivity index is 1.57. The van der Waals surface area contributed by atoms with E-state index in [0.29, 0.717) is 18.8 Å². The maximum absolute atomic E-state index is 12.8. The van der Waals surface area contributed by atoms with Crippen molar-refractivity contribution < 1.29 is 14.4 Å². The van der Waals surface area contributed by atoms with E-state index in [-0.39, 0.29) is 24.4 Å². The topological polar surface area (TPSA) is 78.5 Å². The van der Waals surface area contributed by atoms with E-state index in [1.54, 1.807) is 6.92 Å². The first-order valence-electron chi connectivity index (χ1n) is 9.86.